The van der Waals surface area contributed by atoms with E-state index in [-0.39, 0.29) is 0 Å². The van der Waals surface area contributed by atoms with E-state index in [1.54, 1.807) is 11.3 Å². The molecule has 0 bridgehead atoms. The summed E-state index contributed by atoms with van der Waals surface area (Å²) in [7, 11) is 1.90. The van der Waals surface area contributed by atoms with E-state index in [2.05, 4.69) is 44.8 Å². The van der Waals surface area contributed by atoms with E-state index >= 15 is 0 Å². The summed E-state index contributed by atoms with van der Waals surface area (Å²) in [6.45, 7) is 2.39. The number of nitrogens with zero attached hydrogens (tertiary/aromatic N) is 2. The predicted octanol–water partition coefficient (Wildman–Crippen LogP) is 3.45. The number of anilines is 2. The van der Waals surface area contributed by atoms with Crippen LogP contribution in [0.2, 0.25) is 0 Å². The van der Waals surface area contributed by atoms with Crippen LogP contribution >= 0.6 is 11.3 Å². The Balaban J connectivity index is 1.81. The molecule has 0 radical (unpaired) electrons. The van der Waals surface area contributed by atoms with Crippen molar-refractivity contribution in [3.05, 3.63) is 29.6 Å². The van der Waals surface area contributed by atoms with Crippen LogP contribution in [0.25, 0.3) is 11.3 Å². The lowest BCUT2D eigenvalue weighted by Gasteiger charge is -2.17. The molecule has 3 rings (SSSR count). The first-order chi connectivity index (χ1) is 8.86. The van der Waals surface area contributed by atoms with E-state index < -0.39 is 0 Å². The first-order valence-electron chi connectivity index (χ1n) is 6.35. The van der Waals surface area contributed by atoms with Gasteiger partial charge in [0, 0.05) is 36.8 Å². The number of nitrogens with one attached hydrogen (secondary N) is 1. The molecule has 0 spiro atoms. The zero-order valence-corrected chi connectivity index (χ0v) is 11.3. The maximum Gasteiger partial charge on any atom is 0.182 e. The van der Waals surface area contributed by atoms with E-state index in [0.717, 1.165) is 10.8 Å². The number of rotatable bonds is 3. The Morgan fingerprint density at radius 1 is 1.17 bits per heavy atom. The summed E-state index contributed by atoms with van der Waals surface area (Å²) < 4.78 is 0. The highest BCUT2D eigenvalue weighted by molar-refractivity contribution is 7.14. The molecule has 2 heterocycles. The van der Waals surface area contributed by atoms with Crippen LogP contribution in [0.15, 0.2) is 29.6 Å². The Morgan fingerprint density at radius 3 is 2.50 bits per heavy atom. The van der Waals surface area contributed by atoms with Gasteiger partial charge < -0.3 is 10.2 Å². The van der Waals surface area contributed by atoms with Gasteiger partial charge in [0.15, 0.2) is 5.13 Å². The van der Waals surface area contributed by atoms with Gasteiger partial charge in [-0.3, -0.25) is 0 Å². The van der Waals surface area contributed by atoms with Crippen LogP contribution in [-0.4, -0.2) is 25.1 Å². The molecule has 2 aromatic rings. The number of hydrogen-bond acceptors (Lipinski definition) is 4. The smallest absolute Gasteiger partial charge is 0.182 e. The third-order valence-corrected chi connectivity index (χ3v) is 4.21. The van der Waals surface area contributed by atoms with Crippen molar-refractivity contribution >= 4 is 22.2 Å². The SMILES string of the molecule is CNc1nc(-c2ccc(N3CCCC3)cc2)cs1. The Kier molecular flexibility index (Phi) is 3.19. The Bertz CT molecular complexity index is 512. The number of hydrogen-bond donors (Lipinski definition) is 1. The quantitative estimate of drug-likeness (QED) is 0.915. The summed E-state index contributed by atoms with van der Waals surface area (Å²) in [5.41, 5.74) is 3.58. The zero-order chi connectivity index (χ0) is 12.4. The minimum atomic E-state index is 0.966. The molecule has 0 unspecified atom stereocenters. The Labute approximate surface area is 111 Å². The standard InChI is InChI=1S/C14H17N3S/c1-15-14-16-13(10-18-14)11-4-6-12(7-5-11)17-8-2-3-9-17/h4-7,10H,2-3,8-9H2,1H3,(H,15,16). The molecule has 0 amide bonds. The normalized spacial score (nSPS) is 15.1. The van der Waals surface area contributed by atoms with E-state index in [1.807, 2.05) is 7.05 Å². The third-order valence-electron chi connectivity index (χ3n) is 3.35. The van der Waals surface area contributed by atoms with Crippen molar-refractivity contribution in [2.24, 2.45) is 0 Å². The second-order valence-corrected chi connectivity index (χ2v) is 5.39. The van der Waals surface area contributed by atoms with Gasteiger partial charge in [0.2, 0.25) is 0 Å². The maximum atomic E-state index is 4.52. The second kappa shape index (κ2) is 4.98. The van der Waals surface area contributed by atoms with Crippen LogP contribution in [0.5, 0.6) is 0 Å². The van der Waals surface area contributed by atoms with E-state index in [9.17, 15) is 0 Å². The first-order valence-corrected chi connectivity index (χ1v) is 7.23. The van der Waals surface area contributed by atoms with Crippen LogP contribution in [0.1, 0.15) is 12.8 Å². The lowest BCUT2D eigenvalue weighted by atomic mass is 10.1. The van der Waals surface area contributed by atoms with E-state index in [4.69, 9.17) is 0 Å². The molecule has 18 heavy (non-hydrogen) atoms. The van der Waals surface area contributed by atoms with Crippen molar-refractivity contribution < 1.29 is 0 Å². The minimum Gasteiger partial charge on any atom is -0.372 e. The lowest BCUT2D eigenvalue weighted by Crippen LogP contribution is -2.17. The summed E-state index contributed by atoms with van der Waals surface area (Å²) in [6, 6.07) is 8.75. The van der Waals surface area contributed by atoms with Crippen LogP contribution in [0, 0.1) is 0 Å². The minimum absolute atomic E-state index is 0.966. The molecule has 0 atom stereocenters. The van der Waals surface area contributed by atoms with Gasteiger partial charge in [0.25, 0.3) is 0 Å². The first kappa shape index (κ1) is 11.5. The van der Waals surface area contributed by atoms with Gasteiger partial charge in [0.1, 0.15) is 0 Å². The monoisotopic (exact) mass is 259 g/mol. The molecule has 1 aromatic carbocycles. The summed E-state index contributed by atoms with van der Waals surface area (Å²) >= 11 is 1.64. The third kappa shape index (κ3) is 2.20. The van der Waals surface area contributed by atoms with E-state index in [1.165, 1.54) is 37.2 Å². The summed E-state index contributed by atoms with van der Waals surface area (Å²) in [5, 5.41) is 6.13. The molecule has 1 N–H and O–H groups in total. The second-order valence-electron chi connectivity index (χ2n) is 4.53. The zero-order valence-electron chi connectivity index (χ0n) is 10.5. The summed E-state index contributed by atoms with van der Waals surface area (Å²) in [5.74, 6) is 0. The highest BCUT2D eigenvalue weighted by Crippen LogP contribution is 2.27. The van der Waals surface area contributed by atoms with Gasteiger partial charge in [0.05, 0.1) is 5.69 Å². The van der Waals surface area contributed by atoms with Crippen molar-refractivity contribution in [1.29, 1.82) is 0 Å². The number of aromatic nitrogens is 1. The molecular weight excluding hydrogens is 242 g/mol. The largest absolute Gasteiger partial charge is 0.372 e. The topological polar surface area (TPSA) is 28.2 Å². The van der Waals surface area contributed by atoms with Gasteiger partial charge in [-0.15, -0.1) is 11.3 Å². The molecule has 1 aromatic heterocycles. The fourth-order valence-electron chi connectivity index (χ4n) is 2.34. The molecule has 1 aliphatic rings. The number of thiazole rings is 1. The molecule has 3 nitrogen and oxygen atoms in total. The summed E-state index contributed by atoms with van der Waals surface area (Å²) in [4.78, 5) is 6.97. The van der Waals surface area contributed by atoms with Gasteiger partial charge in [-0.05, 0) is 25.0 Å². The fraction of sp³-hybridized carbons (Fsp3) is 0.357. The Morgan fingerprint density at radius 2 is 1.89 bits per heavy atom. The van der Waals surface area contributed by atoms with Gasteiger partial charge in [-0.25, -0.2) is 4.98 Å². The number of benzene rings is 1. The van der Waals surface area contributed by atoms with Crippen LogP contribution in [0.3, 0.4) is 0 Å². The molecule has 4 heteroatoms. The molecule has 1 fully saturated rings. The molecule has 1 aliphatic heterocycles. The van der Waals surface area contributed by atoms with Crippen molar-refractivity contribution in [1.82, 2.24) is 4.98 Å². The van der Waals surface area contributed by atoms with Crippen molar-refractivity contribution in [3.63, 3.8) is 0 Å². The van der Waals surface area contributed by atoms with Crippen LogP contribution in [0.4, 0.5) is 10.8 Å². The van der Waals surface area contributed by atoms with Gasteiger partial charge in [-0.1, -0.05) is 12.1 Å². The van der Waals surface area contributed by atoms with Crippen molar-refractivity contribution in [3.8, 4) is 11.3 Å². The average molecular weight is 259 g/mol. The highest BCUT2D eigenvalue weighted by Gasteiger charge is 2.12. The fourth-order valence-corrected chi connectivity index (χ4v) is 3.02. The highest BCUT2D eigenvalue weighted by atomic mass is 32.1. The predicted molar refractivity (Wildman–Crippen MR) is 78.5 cm³/mol. The van der Waals surface area contributed by atoms with Crippen LogP contribution in [-0.2, 0) is 0 Å². The molecule has 0 aliphatic carbocycles. The Hall–Kier alpha value is -1.55. The molecule has 94 valence electrons. The van der Waals surface area contributed by atoms with E-state index in [0.29, 0.717) is 0 Å². The van der Waals surface area contributed by atoms with Crippen molar-refractivity contribution in [2.45, 2.75) is 12.8 Å². The molecule has 1 saturated heterocycles. The maximum absolute atomic E-state index is 4.52. The lowest BCUT2D eigenvalue weighted by molar-refractivity contribution is 0.949. The van der Waals surface area contributed by atoms with Crippen molar-refractivity contribution in [2.75, 3.05) is 30.4 Å². The molecular formula is C14H17N3S. The van der Waals surface area contributed by atoms with Gasteiger partial charge in [-0.2, -0.15) is 0 Å². The average Bonchev–Trinajstić information content (AvgIpc) is 3.10. The van der Waals surface area contributed by atoms with Crippen LogP contribution < -0.4 is 10.2 Å². The molecule has 0 saturated carbocycles. The van der Waals surface area contributed by atoms with Gasteiger partial charge >= 0.3 is 0 Å². The summed E-state index contributed by atoms with van der Waals surface area (Å²) in [6.07, 6.45) is 2.64.